The minimum absolute atomic E-state index is 0.0167. The van der Waals surface area contributed by atoms with Gasteiger partial charge in [-0.15, -0.1) is 11.8 Å². The number of halogens is 1. The number of nitrogens with one attached hydrogen (secondary N) is 1. The second kappa shape index (κ2) is 14.3. The second-order valence-corrected chi connectivity index (χ2v) is 11.2. The van der Waals surface area contributed by atoms with Gasteiger partial charge in [0.05, 0.1) is 0 Å². The van der Waals surface area contributed by atoms with Crippen LogP contribution in [0.4, 0.5) is 0 Å². The Balaban J connectivity index is 1.49. The highest BCUT2D eigenvalue weighted by Crippen LogP contribution is 2.23. The molecule has 4 rings (SSSR count). The predicted molar refractivity (Wildman–Crippen MR) is 153 cm³/mol. The van der Waals surface area contributed by atoms with E-state index in [2.05, 4.69) is 5.32 Å². The summed E-state index contributed by atoms with van der Waals surface area (Å²) in [4.78, 5) is 30.3. The first-order valence-electron chi connectivity index (χ1n) is 13.1. The van der Waals surface area contributed by atoms with E-state index in [-0.39, 0.29) is 17.9 Å². The van der Waals surface area contributed by atoms with Gasteiger partial charge in [0.1, 0.15) is 6.04 Å². The first kappa shape index (κ1) is 27.3. The molecule has 37 heavy (non-hydrogen) atoms. The fraction of sp³-hybridized carbons (Fsp3) is 0.355. The van der Waals surface area contributed by atoms with Crippen LogP contribution in [0.15, 0.2) is 89.8 Å². The summed E-state index contributed by atoms with van der Waals surface area (Å²) in [5.41, 5.74) is 2.08. The average Bonchev–Trinajstić information content (AvgIpc) is 3.43. The van der Waals surface area contributed by atoms with Crippen LogP contribution in [0, 0.1) is 0 Å². The lowest BCUT2D eigenvalue weighted by atomic mass is 10.0. The topological polar surface area (TPSA) is 49.4 Å². The zero-order valence-corrected chi connectivity index (χ0v) is 22.7. The number of thioether (sulfide) groups is 1. The van der Waals surface area contributed by atoms with Crippen LogP contribution in [-0.4, -0.2) is 34.6 Å². The summed E-state index contributed by atoms with van der Waals surface area (Å²) in [7, 11) is 0. The predicted octanol–water partition coefficient (Wildman–Crippen LogP) is 6.91. The van der Waals surface area contributed by atoms with Crippen molar-refractivity contribution in [3.05, 3.63) is 101 Å². The van der Waals surface area contributed by atoms with Gasteiger partial charge in [0.15, 0.2) is 0 Å². The van der Waals surface area contributed by atoms with Crippen LogP contribution < -0.4 is 5.32 Å². The van der Waals surface area contributed by atoms with E-state index in [1.165, 1.54) is 0 Å². The molecular weight excluding hydrogens is 500 g/mol. The third-order valence-electron chi connectivity index (χ3n) is 6.79. The van der Waals surface area contributed by atoms with Crippen molar-refractivity contribution in [2.75, 3.05) is 5.75 Å². The van der Waals surface area contributed by atoms with E-state index in [9.17, 15) is 9.59 Å². The standard InChI is InChI=1S/C31H35ClN2O2S/c32-26-17-19-28(20-18-26)37-21-9-16-30(35)34(23-25-12-5-2-6-13-25)29(22-24-10-3-1-4-11-24)31(36)33-27-14-7-8-15-27/h1-6,10-13,17-20,27,29H,7-9,14-16,21-23H2,(H,33,36). The summed E-state index contributed by atoms with van der Waals surface area (Å²) in [5.74, 6) is 0.795. The number of hydrogen-bond acceptors (Lipinski definition) is 3. The minimum Gasteiger partial charge on any atom is -0.352 e. The van der Waals surface area contributed by atoms with Crippen LogP contribution in [0.5, 0.6) is 0 Å². The highest BCUT2D eigenvalue weighted by atomic mass is 35.5. The molecule has 0 radical (unpaired) electrons. The van der Waals surface area contributed by atoms with Crippen LogP contribution in [0.25, 0.3) is 0 Å². The van der Waals surface area contributed by atoms with Crippen molar-refractivity contribution in [3.8, 4) is 0 Å². The van der Waals surface area contributed by atoms with E-state index in [1.54, 1.807) is 16.7 Å². The number of rotatable bonds is 12. The molecule has 1 atom stereocenters. The number of hydrogen-bond donors (Lipinski definition) is 1. The molecule has 6 heteroatoms. The first-order chi connectivity index (χ1) is 18.1. The van der Waals surface area contributed by atoms with Gasteiger partial charge in [-0.2, -0.15) is 0 Å². The Kier molecular flexibility index (Phi) is 10.5. The van der Waals surface area contributed by atoms with E-state index in [4.69, 9.17) is 11.6 Å². The largest absolute Gasteiger partial charge is 0.352 e. The molecule has 0 spiro atoms. The summed E-state index contributed by atoms with van der Waals surface area (Å²) < 4.78 is 0. The monoisotopic (exact) mass is 534 g/mol. The third-order valence-corrected chi connectivity index (χ3v) is 8.14. The van der Waals surface area contributed by atoms with Gasteiger partial charge in [0, 0.05) is 35.3 Å². The van der Waals surface area contributed by atoms with Crippen molar-refractivity contribution in [1.82, 2.24) is 10.2 Å². The molecule has 1 aliphatic carbocycles. The van der Waals surface area contributed by atoms with Crippen LogP contribution >= 0.6 is 23.4 Å². The molecule has 3 aromatic rings. The van der Waals surface area contributed by atoms with E-state index < -0.39 is 6.04 Å². The normalized spacial score (nSPS) is 14.3. The van der Waals surface area contributed by atoms with E-state index >= 15 is 0 Å². The Bertz CT molecular complexity index is 1120. The molecule has 0 bridgehead atoms. The molecule has 3 aromatic carbocycles. The molecule has 1 unspecified atom stereocenters. The Morgan fingerprint density at radius 2 is 1.51 bits per heavy atom. The molecule has 0 aromatic heterocycles. The number of carbonyl (C=O) groups excluding carboxylic acids is 2. The van der Waals surface area contributed by atoms with Crippen molar-refractivity contribution in [2.24, 2.45) is 0 Å². The van der Waals surface area contributed by atoms with Crippen LogP contribution in [0.3, 0.4) is 0 Å². The number of benzene rings is 3. The molecule has 2 amide bonds. The van der Waals surface area contributed by atoms with Crippen LogP contribution in [-0.2, 0) is 22.6 Å². The molecule has 194 valence electrons. The molecule has 0 heterocycles. The highest BCUT2D eigenvalue weighted by Gasteiger charge is 2.31. The van der Waals surface area contributed by atoms with Gasteiger partial charge in [0.25, 0.3) is 0 Å². The van der Waals surface area contributed by atoms with Crippen molar-refractivity contribution in [2.45, 2.75) is 68.5 Å². The van der Waals surface area contributed by atoms with Gasteiger partial charge in [0.2, 0.25) is 11.8 Å². The second-order valence-electron chi connectivity index (χ2n) is 9.61. The van der Waals surface area contributed by atoms with Gasteiger partial charge in [-0.3, -0.25) is 9.59 Å². The van der Waals surface area contributed by atoms with Gasteiger partial charge in [-0.1, -0.05) is 85.1 Å². The van der Waals surface area contributed by atoms with Crippen LogP contribution in [0.1, 0.15) is 49.7 Å². The molecule has 1 saturated carbocycles. The quantitative estimate of drug-likeness (QED) is 0.203. The third kappa shape index (κ3) is 8.65. The molecule has 1 aliphatic rings. The molecule has 0 aliphatic heterocycles. The first-order valence-corrected chi connectivity index (χ1v) is 14.5. The molecule has 1 N–H and O–H groups in total. The van der Waals surface area contributed by atoms with Gasteiger partial charge in [-0.05, 0) is 60.4 Å². The Labute approximate surface area is 229 Å². The fourth-order valence-electron chi connectivity index (χ4n) is 4.79. The maximum atomic E-state index is 13.7. The molecular formula is C31H35ClN2O2S. The number of nitrogens with zero attached hydrogens (tertiary/aromatic N) is 1. The molecule has 1 fully saturated rings. The smallest absolute Gasteiger partial charge is 0.243 e. The molecule has 4 nitrogen and oxygen atoms in total. The summed E-state index contributed by atoms with van der Waals surface area (Å²) in [5, 5.41) is 3.98. The zero-order chi connectivity index (χ0) is 25.9. The zero-order valence-electron chi connectivity index (χ0n) is 21.2. The molecule has 0 saturated heterocycles. The van der Waals surface area contributed by atoms with Crippen molar-refractivity contribution in [3.63, 3.8) is 0 Å². The summed E-state index contributed by atoms with van der Waals surface area (Å²) >= 11 is 7.71. The lowest BCUT2D eigenvalue weighted by Gasteiger charge is -2.32. The summed E-state index contributed by atoms with van der Waals surface area (Å²) in [6.45, 7) is 0.416. The minimum atomic E-state index is -0.556. The van der Waals surface area contributed by atoms with E-state index in [0.29, 0.717) is 19.4 Å². The van der Waals surface area contributed by atoms with E-state index in [1.807, 2.05) is 84.9 Å². The fourth-order valence-corrected chi connectivity index (χ4v) is 5.77. The number of carbonyl (C=O) groups is 2. The Morgan fingerprint density at radius 3 is 2.16 bits per heavy atom. The Hall–Kier alpha value is -2.76. The number of amides is 2. The van der Waals surface area contributed by atoms with Crippen molar-refractivity contribution < 1.29 is 9.59 Å². The van der Waals surface area contributed by atoms with Crippen molar-refractivity contribution in [1.29, 1.82) is 0 Å². The SMILES string of the molecule is O=C(NC1CCCC1)C(Cc1ccccc1)N(Cc1ccccc1)C(=O)CCCSc1ccc(Cl)cc1. The van der Waals surface area contributed by atoms with E-state index in [0.717, 1.165) is 58.9 Å². The van der Waals surface area contributed by atoms with Crippen molar-refractivity contribution >= 4 is 35.2 Å². The van der Waals surface area contributed by atoms with Crippen LogP contribution in [0.2, 0.25) is 5.02 Å². The summed E-state index contributed by atoms with van der Waals surface area (Å²) in [6.07, 6.45) is 5.95. The Morgan fingerprint density at radius 1 is 0.892 bits per heavy atom. The highest BCUT2D eigenvalue weighted by molar-refractivity contribution is 7.99. The maximum Gasteiger partial charge on any atom is 0.243 e. The van der Waals surface area contributed by atoms with Gasteiger partial charge < -0.3 is 10.2 Å². The van der Waals surface area contributed by atoms with Gasteiger partial charge >= 0.3 is 0 Å². The van der Waals surface area contributed by atoms with Gasteiger partial charge in [-0.25, -0.2) is 0 Å². The lowest BCUT2D eigenvalue weighted by molar-refractivity contribution is -0.141. The lowest BCUT2D eigenvalue weighted by Crippen LogP contribution is -2.52. The summed E-state index contributed by atoms with van der Waals surface area (Å²) in [6, 6.07) is 27.4. The maximum absolute atomic E-state index is 13.7. The average molecular weight is 535 g/mol.